The molecule has 1 saturated heterocycles. The molecule has 0 aliphatic carbocycles. The van der Waals surface area contributed by atoms with Crippen molar-refractivity contribution >= 4 is 51.0 Å². The maximum absolute atomic E-state index is 12.4. The quantitative estimate of drug-likeness (QED) is 0.619. The number of hydroxylamine groups is 2. The highest BCUT2D eigenvalue weighted by atomic mass is 32.1. The normalized spacial score (nSPS) is 17.0. The average Bonchev–Trinajstić information content (AvgIpc) is 3.17. The molecule has 0 unspecified atom stereocenters. The van der Waals surface area contributed by atoms with E-state index in [4.69, 9.17) is 10.6 Å². The maximum Gasteiger partial charge on any atom is 0.430 e. The number of nitrogen functional groups attached to an aromatic ring is 1. The number of nitrogens with one attached hydrogen (secondary N) is 1. The van der Waals surface area contributed by atoms with Crippen molar-refractivity contribution in [2.75, 3.05) is 54.6 Å². The molecular weight excluding hydrogens is 418 g/mol. The van der Waals surface area contributed by atoms with Crippen LogP contribution in [0.15, 0.2) is 17.6 Å². The van der Waals surface area contributed by atoms with Crippen molar-refractivity contribution in [2.45, 2.75) is 19.9 Å². The zero-order valence-corrected chi connectivity index (χ0v) is 18.7. The first kappa shape index (κ1) is 21.0. The van der Waals surface area contributed by atoms with Crippen LogP contribution in [-0.2, 0) is 4.84 Å². The van der Waals surface area contributed by atoms with E-state index in [0.29, 0.717) is 31.1 Å². The molecule has 4 heterocycles. The second-order valence-electron chi connectivity index (χ2n) is 7.54. The smallest absolute Gasteiger partial charge is 0.368 e. The van der Waals surface area contributed by atoms with Gasteiger partial charge >= 0.3 is 6.09 Å². The van der Waals surface area contributed by atoms with Crippen LogP contribution in [-0.4, -0.2) is 70.9 Å². The predicted molar refractivity (Wildman–Crippen MR) is 121 cm³/mol. The highest BCUT2D eigenvalue weighted by Gasteiger charge is 2.29. The van der Waals surface area contributed by atoms with Crippen LogP contribution >= 0.6 is 11.3 Å². The Balaban J connectivity index is 1.39. The third-order valence-corrected chi connectivity index (χ3v) is 5.76. The number of aromatic nitrogens is 4. The number of hydrogen-bond donors (Lipinski definition) is 2. The molecule has 0 spiro atoms. The Hall–Kier alpha value is -3.25. The van der Waals surface area contributed by atoms with E-state index >= 15 is 0 Å². The van der Waals surface area contributed by atoms with Crippen molar-refractivity contribution in [3.8, 4) is 0 Å². The van der Waals surface area contributed by atoms with Crippen molar-refractivity contribution in [2.24, 2.45) is 0 Å². The van der Waals surface area contributed by atoms with E-state index < -0.39 is 6.09 Å². The Morgan fingerprint density at radius 1 is 1.29 bits per heavy atom. The fraction of sp³-hybridized carbons (Fsp3) is 0.421. The van der Waals surface area contributed by atoms with Crippen LogP contribution in [0.2, 0.25) is 0 Å². The monoisotopic (exact) mass is 443 g/mol. The van der Waals surface area contributed by atoms with E-state index in [-0.39, 0.29) is 12.0 Å². The molecule has 4 rings (SSSR count). The molecule has 0 bridgehead atoms. The number of piperazine rings is 1. The first-order valence-electron chi connectivity index (χ1n) is 9.84. The molecule has 1 fully saturated rings. The summed E-state index contributed by atoms with van der Waals surface area (Å²) in [4.78, 5) is 40.2. The Labute approximate surface area is 183 Å². The van der Waals surface area contributed by atoms with E-state index in [0.717, 1.165) is 21.9 Å². The van der Waals surface area contributed by atoms with E-state index in [1.165, 1.54) is 11.3 Å². The van der Waals surface area contributed by atoms with Gasteiger partial charge in [-0.1, -0.05) is 0 Å². The molecule has 1 aliphatic heterocycles. The van der Waals surface area contributed by atoms with Crippen molar-refractivity contribution in [3.05, 3.63) is 23.3 Å². The third-order valence-electron chi connectivity index (χ3n) is 5.04. The standard InChI is InChI=1S/C19H25N9O2S/c1-11-9-27(30-19(29)23-13-5-6-14(26(3)4)22-12(13)2)7-8-28(11)16-15-17(31-10-21-15)25-18(20)24-16/h5-6,10-11H,7-9H2,1-4H3,(H,23,29)(H2,20,24,25)/t11-/m0/s1. The molecule has 3 aromatic heterocycles. The third kappa shape index (κ3) is 4.44. The maximum atomic E-state index is 12.4. The summed E-state index contributed by atoms with van der Waals surface area (Å²) >= 11 is 1.43. The van der Waals surface area contributed by atoms with Crippen molar-refractivity contribution in [3.63, 3.8) is 0 Å². The lowest BCUT2D eigenvalue weighted by atomic mass is 10.2. The summed E-state index contributed by atoms with van der Waals surface area (Å²) < 4.78 is 0. The van der Waals surface area contributed by atoms with Gasteiger partial charge in [0, 0.05) is 26.7 Å². The lowest BCUT2D eigenvalue weighted by Gasteiger charge is -2.39. The summed E-state index contributed by atoms with van der Waals surface area (Å²) in [6.07, 6.45) is -0.545. The van der Waals surface area contributed by atoms with Gasteiger partial charge in [0.1, 0.15) is 11.3 Å². The molecule has 0 aromatic carbocycles. The van der Waals surface area contributed by atoms with Crippen LogP contribution in [0.3, 0.4) is 0 Å². The topological polar surface area (TPSA) is 126 Å². The minimum Gasteiger partial charge on any atom is -0.368 e. The summed E-state index contributed by atoms with van der Waals surface area (Å²) in [5.74, 6) is 1.75. The molecule has 11 nitrogen and oxygen atoms in total. The molecule has 1 atom stereocenters. The van der Waals surface area contributed by atoms with Crippen LogP contribution in [0.1, 0.15) is 12.6 Å². The van der Waals surface area contributed by atoms with Gasteiger partial charge in [0.15, 0.2) is 10.6 Å². The van der Waals surface area contributed by atoms with E-state index in [1.54, 1.807) is 10.6 Å². The lowest BCUT2D eigenvalue weighted by Crippen LogP contribution is -2.53. The van der Waals surface area contributed by atoms with Gasteiger partial charge in [-0.25, -0.2) is 19.7 Å². The second-order valence-corrected chi connectivity index (χ2v) is 8.38. The van der Waals surface area contributed by atoms with Crippen molar-refractivity contribution in [1.29, 1.82) is 0 Å². The molecule has 1 amide bonds. The number of carbonyl (C=O) groups is 1. The van der Waals surface area contributed by atoms with Crippen LogP contribution in [0.5, 0.6) is 0 Å². The zero-order valence-electron chi connectivity index (χ0n) is 17.9. The number of carbonyl (C=O) groups excluding carboxylic acids is 1. The molecule has 0 saturated carbocycles. The van der Waals surface area contributed by atoms with Crippen LogP contribution in [0.25, 0.3) is 10.3 Å². The Morgan fingerprint density at radius 2 is 2.10 bits per heavy atom. The first-order chi connectivity index (χ1) is 14.8. The molecule has 3 N–H and O–H groups in total. The summed E-state index contributed by atoms with van der Waals surface area (Å²) in [5.41, 5.74) is 9.68. The summed E-state index contributed by atoms with van der Waals surface area (Å²) in [6, 6.07) is 3.69. The molecule has 164 valence electrons. The fourth-order valence-corrected chi connectivity index (χ4v) is 4.12. The molecule has 1 aliphatic rings. The number of nitrogens with zero attached hydrogens (tertiary/aromatic N) is 7. The minimum absolute atomic E-state index is 0.0310. The van der Waals surface area contributed by atoms with Crippen LogP contribution in [0.4, 0.5) is 28.1 Å². The lowest BCUT2D eigenvalue weighted by molar-refractivity contribution is -0.103. The van der Waals surface area contributed by atoms with Crippen molar-refractivity contribution in [1.82, 2.24) is 25.0 Å². The highest BCUT2D eigenvalue weighted by Crippen LogP contribution is 2.28. The van der Waals surface area contributed by atoms with Crippen molar-refractivity contribution < 1.29 is 9.63 Å². The molecule has 3 aromatic rings. The summed E-state index contributed by atoms with van der Waals surface area (Å²) in [6.45, 7) is 5.52. The fourth-order valence-electron chi connectivity index (χ4n) is 3.46. The van der Waals surface area contributed by atoms with E-state index in [1.807, 2.05) is 45.0 Å². The minimum atomic E-state index is -0.545. The van der Waals surface area contributed by atoms with E-state index in [9.17, 15) is 4.79 Å². The van der Waals surface area contributed by atoms with Gasteiger partial charge < -0.3 is 20.4 Å². The number of fused-ring (bicyclic) bond motifs is 1. The number of hydrogen-bond acceptors (Lipinski definition) is 11. The molecule has 31 heavy (non-hydrogen) atoms. The number of pyridine rings is 1. The van der Waals surface area contributed by atoms with Gasteiger partial charge in [-0.15, -0.1) is 16.4 Å². The van der Waals surface area contributed by atoms with Gasteiger partial charge in [0.05, 0.1) is 30.0 Å². The number of amides is 1. The SMILES string of the molecule is Cc1nc(N(C)C)ccc1NC(=O)ON1CCN(c2nc(N)nc3scnc23)[C@@H](C)C1. The van der Waals surface area contributed by atoms with Gasteiger partial charge in [-0.3, -0.25) is 5.32 Å². The molecular formula is C19H25N9O2S. The largest absolute Gasteiger partial charge is 0.430 e. The highest BCUT2D eigenvalue weighted by molar-refractivity contribution is 7.16. The van der Waals surface area contributed by atoms with E-state index in [2.05, 4.69) is 30.2 Å². The Kier molecular flexibility index (Phi) is 5.74. The Bertz CT molecular complexity index is 1100. The van der Waals surface area contributed by atoms with Crippen LogP contribution in [0, 0.1) is 6.92 Å². The molecule has 12 heteroatoms. The van der Waals surface area contributed by atoms with Crippen LogP contribution < -0.4 is 20.9 Å². The number of rotatable bonds is 4. The number of aryl methyl sites for hydroxylation is 1. The second kappa shape index (κ2) is 8.47. The zero-order chi connectivity index (χ0) is 22.1. The van der Waals surface area contributed by atoms with Gasteiger partial charge in [0.25, 0.3) is 0 Å². The number of thiazole rings is 1. The van der Waals surface area contributed by atoms with Gasteiger partial charge in [-0.2, -0.15) is 4.98 Å². The number of nitrogens with two attached hydrogens (primary N) is 1. The first-order valence-corrected chi connectivity index (χ1v) is 10.7. The molecule has 0 radical (unpaired) electrons. The Morgan fingerprint density at radius 3 is 2.81 bits per heavy atom. The van der Waals surface area contributed by atoms with Gasteiger partial charge in [0.2, 0.25) is 5.95 Å². The number of anilines is 4. The predicted octanol–water partition coefficient (Wildman–Crippen LogP) is 2.11. The van der Waals surface area contributed by atoms with Gasteiger partial charge in [-0.05, 0) is 26.0 Å². The summed E-state index contributed by atoms with van der Waals surface area (Å²) in [5, 5.41) is 4.42. The summed E-state index contributed by atoms with van der Waals surface area (Å²) in [7, 11) is 3.83. The average molecular weight is 444 g/mol.